The predicted molar refractivity (Wildman–Crippen MR) is 208 cm³/mol. The highest BCUT2D eigenvalue weighted by molar-refractivity contribution is 6.34. The van der Waals surface area contributed by atoms with Crippen LogP contribution in [0.2, 0.25) is 10.0 Å². The molecular weight excluding hydrogens is 768 g/mol. The van der Waals surface area contributed by atoms with Crippen molar-refractivity contribution in [1.29, 1.82) is 0 Å². The Hall–Kier alpha value is -4.64. The van der Waals surface area contributed by atoms with E-state index in [1.807, 2.05) is 125 Å². The summed E-state index contributed by atoms with van der Waals surface area (Å²) in [6.07, 6.45) is 2.09. The third kappa shape index (κ3) is 9.71. The molecular formula is C41H39Cl4N5O4. The van der Waals surface area contributed by atoms with Crippen LogP contribution in [-0.4, -0.2) is 57.2 Å². The van der Waals surface area contributed by atoms with E-state index < -0.39 is 5.97 Å². The number of hydrogen-bond acceptors (Lipinski definition) is 6. The molecule has 1 N–H and O–H groups in total. The topological polar surface area (TPSA) is 93.6 Å². The first-order valence-electron chi connectivity index (χ1n) is 17.2. The number of nitrogens with zero attached hydrogens (tertiary/aromatic N) is 5. The normalized spacial score (nSPS) is 14.0. The Bertz CT molecular complexity index is 2050. The Morgan fingerprint density at radius 3 is 2.13 bits per heavy atom. The fourth-order valence-electron chi connectivity index (χ4n) is 6.61. The molecule has 0 atom stereocenters. The number of carbonyl (C=O) groups is 1. The number of halogens is 4. The number of carboxylic acid groups (broad SMARTS) is 1. The zero-order chi connectivity index (χ0) is 35.9. The van der Waals surface area contributed by atoms with Crippen molar-refractivity contribution in [3.05, 3.63) is 149 Å². The predicted octanol–water partition coefficient (Wildman–Crippen LogP) is 5.41. The van der Waals surface area contributed by atoms with Crippen LogP contribution in [0.1, 0.15) is 30.4 Å². The van der Waals surface area contributed by atoms with Crippen molar-refractivity contribution in [2.75, 3.05) is 26.2 Å². The monoisotopic (exact) mass is 805 g/mol. The number of ether oxygens (including phenoxy) is 2. The third-order valence-electron chi connectivity index (χ3n) is 9.37. The third-order valence-corrected chi connectivity index (χ3v) is 9.81. The average molecular weight is 808 g/mol. The van der Waals surface area contributed by atoms with Crippen LogP contribution >= 0.6 is 35.6 Å². The first-order chi connectivity index (χ1) is 25.3. The first-order valence-corrected chi connectivity index (χ1v) is 18.0. The summed E-state index contributed by atoms with van der Waals surface area (Å²) in [5.41, 5.74) is 5.01. The molecule has 1 spiro atoms. The molecule has 0 aliphatic carbocycles. The van der Waals surface area contributed by atoms with Crippen molar-refractivity contribution in [1.82, 2.24) is 19.9 Å². The Kier molecular flexibility index (Phi) is 14.0. The molecule has 2 aliphatic heterocycles. The summed E-state index contributed by atoms with van der Waals surface area (Å²) in [6.45, 7) is 3.41. The van der Waals surface area contributed by atoms with E-state index in [0.717, 1.165) is 59.9 Å². The zero-order valence-corrected chi connectivity index (χ0v) is 32.3. The van der Waals surface area contributed by atoms with E-state index in [1.165, 1.54) is 5.56 Å². The van der Waals surface area contributed by atoms with Gasteiger partial charge in [0.05, 0.1) is 23.7 Å². The smallest absolute Gasteiger partial charge is 0.340 e. The standard InChI is InChI=1S/C22H23Cl2NO4.C19H15N4.2ClH/c23-16-9-15(10-17(24)11-16)13-28-18-1-2-20-19(12-18)22(14-29-20)4-7-25(8-5-22)6-3-21(26)27;1-4-10-16(11-5-1)19-20-22(17-12-6-2-7-13-17)23(21-19)18-14-8-3-9-15-18;;/h1-2,9-12H,3-8,13-14H2,(H,26,27);1-15H;2*1H/q;+1;;/p-1. The van der Waals surface area contributed by atoms with E-state index in [9.17, 15) is 4.79 Å². The van der Waals surface area contributed by atoms with E-state index in [0.29, 0.717) is 35.6 Å². The van der Waals surface area contributed by atoms with Crippen LogP contribution < -0.4 is 26.7 Å². The van der Waals surface area contributed by atoms with Crippen molar-refractivity contribution in [3.63, 3.8) is 0 Å². The number of piperidine rings is 1. The van der Waals surface area contributed by atoms with Gasteiger partial charge in [0.15, 0.2) is 5.69 Å². The summed E-state index contributed by atoms with van der Waals surface area (Å²) >= 11 is 12.1. The molecule has 1 saturated heterocycles. The van der Waals surface area contributed by atoms with Gasteiger partial charge in [-0.25, -0.2) is 0 Å². The molecule has 2 aliphatic rings. The maximum absolute atomic E-state index is 10.8. The average Bonchev–Trinajstić information content (AvgIpc) is 3.77. The highest BCUT2D eigenvalue weighted by atomic mass is 35.5. The van der Waals surface area contributed by atoms with Gasteiger partial charge in [-0.05, 0) is 114 Å². The molecule has 9 nitrogen and oxygen atoms in total. The molecule has 3 heterocycles. The second-order valence-corrected chi connectivity index (χ2v) is 13.8. The fourth-order valence-corrected chi connectivity index (χ4v) is 7.18. The first kappa shape index (κ1) is 40.5. The molecule has 280 valence electrons. The van der Waals surface area contributed by atoms with E-state index in [1.54, 1.807) is 6.07 Å². The lowest BCUT2D eigenvalue weighted by molar-refractivity contribution is -0.734. The Balaban J connectivity index is 0.000000205. The van der Waals surface area contributed by atoms with Gasteiger partial charge < -0.3 is 31.9 Å². The Labute approximate surface area is 336 Å². The second-order valence-electron chi connectivity index (χ2n) is 12.9. The molecule has 0 saturated carbocycles. The molecule has 1 aromatic heterocycles. The van der Waals surface area contributed by atoms with E-state index in [2.05, 4.69) is 11.0 Å². The maximum atomic E-state index is 10.8. The van der Waals surface area contributed by atoms with Gasteiger partial charge in [-0.2, -0.15) is 0 Å². The number of benzene rings is 5. The zero-order valence-electron chi connectivity index (χ0n) is 29.2. The minimum absolute atomic E-state index is 0. The summed E-state index contributed by atoms with van der Waals surface area (Å²) in [4.78, 5) is 16.7. The van der Waals surface area contributed by atoms with Crippen molar-refractivity contribution in [2.24, 2.45) is 0 Å². The SMILES string of the molecule is Cl.O=C(O)CCN1CCC2(CC1)COc1ccc(OCc3cc(Cl)cc(Cl)c3)cc12.[Cl-].c1ccc(-c2nn(-c3ccccc3)[n+](-c3ccccc3)n2)cc1. The van der Waals surface area contributed by atoms with Gasteiger partial charge in [0.1, 0.15) is 23.8 Å². The van der Waals surface area contributed by atoms with Gasteiger partial charge in [0.25, 0.3) is 0 Å². The Morgan fingerprint density at radius 2 is 1.48 bits per heavy atom. The maximum Gasteiger partial charge on any atom is 0.340 e. The lowest BCUT2D eigenvalue weighted by Crippen LogP contribution is -3.00. The lowest BCUT2D eigenvalue weighted by Gasteiger charge is -2.38. The van der Waals surface area contributed by atoms with Crippen molar-refractivity contribution in [2.45, 2.75) is 31.3 Å². The number of aromatic nitrogens is 4. The molecule has 0 radical (unpaired) electrons. The largest absolute Gasteiger partial charge is 1.00 e. The van der Waals surface area contributed by atoms with Crippen LogP contribution in [0, 0.1) is 0 Å². The molecule has 13 heteroatoms. The quantitative estimate of drug-likeness (QED) is 0.196. The van der Waals surface area contributed by atoms with E-state index in [4.69, 9.17) is 48.0 Å². The molecule has 6 aromatic rings. The summed E-state index contributed by atoms with van der Waals surface area (Å²) < 4.78 is 12.0. The van der Waals surface area contributed by atoms with Crippen LogP contribution in [0.25, 0.3) is 22.8 Å². The summed E-state index contributed by atoms with van der Waals surface area (Å²) in [7, 11) is 0. The van der Waals surface area contributed by atoms with Crippen LogP contribution in [0.5, 0.6) is 11.5 Å². The minimum atomic E-state index is -0.748. The Morgan fingerprint density at radius 1 is 0.852 bits per heavy atom. The highest BCUT2D eigenvalue weighted by Crippen LogP contribution is 2.47. The number of aliphatic carboxylic acids is 1. The number of likely N-dealkylation sites (tertiary alicyclic amines) is 1. The number of para-hydroxylation sites is 2. The van der Waals surface area contributed by atoms with Crippen molar-refractivity contribution < 1.29 is 36.6 Å². The molecule has 8 rings (SSSR count). The van der Waals surface area contributed by atoms with Crippen molar-refractivity contribution >= 4 is 41.6 Å². The fraction of sp³-hybridized carbons (Fsp3) is 0.220. The molecule has 54 heavy (non-hydrogen) atoms. The lowest BCUT2D eigenvalue weighted by atomic mass is 9.74. The molecule has 0 bridgehead atoms. The second kappa shape index (κ2) is 18.6. The molecule has 0 unspecified atom stereocenters. The van der Waals surface area contributed by atoms with Crippen LogP contribution in [0.15, 0.2) is 127 Å². The van der Waals surface area contributed by atoms with Gasteiger partial charge in [0.2, 0.25) is 0 Å². The van der Waals surface area contributed by atoms with Gasteiger partial charge >= 0.3 is 11.8 Å². The summed E-state index contributed by atoms with van der Waals surface area (Å²) in [6, 6.07) is 41.4. The number of tetrazole rings is 1. The van der Waals surface area contributed by atoms with E-state index in [-0.39, 0.29) is 36.6 Å². The number of hydrogen-bond donors (Lipinski definition) is 1. The molecule has 0 amide bonds. The summed E-state index contributed by atoms with van der Waals surface area (Å²) in [5, 5.41) is 19.5. The van der Waals surface area contributed by atoms with Crippen LogP contribution in [0.4, 0.5) is 0 Å². The van der Waals surface area contributed by atoms with Crippen molar-refractivity contribution in [3.8, 4) is 34.3 Å². The van der Waals surface area contributed by atoms with E-state index >= 15 is 0 Å². The number of fused-ring (bicyclic) bond motifs is 2. The number of carboxylic acids is 1. The highest BCUT2D eigenvalue weighted by Gasteiger charge is 2.43. The number of rotatable bonds is 9. The van der Waals surface area contributed by atoms with Gasteiger partial charge in [0, 0.05) is 32.4 Å². The van der Waals surface area contributed by atoms with Gasteiger partial charge in [-0.15, -0.1) is 12.4 Å². The van der Waals surface area contributed by atoms with Crippen LogP contribution in [-0.2, 0) is 16.8 Å². The van der Waals surface area contributed by atoms with Gasteiger partial charge in [-0.3, -0.25) is 4.79 Å². The minimum Gasteiger partial charge on any atom is -1.00 e. The molecule has 1 fully saturated rings. The molecule has 5 aromatic carbocycles. The van der Waals surface area contributed by atoms with Gasteiger partial charge in [-0.1, -0.05) is 77.8 Å². The summed E-state index contributed by atoms with van der Waals surface area (Å²) in [5.74, 6) is 1.65. The van der Waals surface area contributed by atoms with Crippen LogP contribution in [0.3, 0.4) is 0 Å².